The van der Waals surface area contributed by atoms with Gasteiger partial charge in [-0.2, -0.15) is 5.26 Å². The van der Waals surface area contributed by atoms with Gasteiger partial charge < -0.3 is 20.3 Å². The topological polar surface area (TPSA) is 163 Å². The van der Waals surface area contributed by atoms with E-state index in [9.17, 15) is 4.79 Å². The third kappa shape index (κ3) is 12.8. The van der Waals surface area contributed by atoms with Crippen molar-refractivity contribution in [1.82, 2.24) is 5.32 Å². The lowest BCUT2D eigenvalue weighted by atomic mass is 9.71. The summed E-state index contributed by atoms with van der Waals surface area (Å²) in [6, 6.07) is 1.48. The van der Waals surface area contributed by atoms with E-state index in [1.807, 2.05) is 6.92 Å². The second-order valence-corrected chi connectivity index (χ2v) is 7.85. The first-order valence-electron chi connectivity index (χ1n) is 8.60. The van der Waals surface area contributed by atoms with Crippen LogP contribution < -0.4 is 11.1 Å². The number of ether oxygens (including phenoxy) is 1. The summed E-state index contributed by atoms with van der Waals surface area (Å²) in [6.07, 6.45) is 2.11. The molecule has 1 rings (SSSR count). The minimum Gasteiger partial charge on any atom is -0.481 e. The van der Waals surface area contributed by atoms with Crippen molar-refractivity contribution in [3.63, 3.8) is 0 Å². The van der Waals surface area contributed by atoms with Crippen LogP contribution in [0.3, 0.4) is 0 Å². The number of nitrogens with two attached hydrogens (primary N) is 1. The van der Waals surface area contributed by atoms with Crippen LogP contribution in [-0.4, -0.2) is 44.9 Å². The first kappa shape index (κ1) is 27.0. The number of aliphatic carboxylic acids is 2. The summed E-state index contributed by atoms with van der Waals surface area (Å²) >= 11 is 0. The molecule has 0 aromatic rings. The van der Waals surface area contributed by atoms with Gasteiger partial charge in [-0.1, -0.05) is 6.92 Å². The molecule has 9 nitrogen and oxygen atoms in total. The van der Waals surface area contributed by atoms with E-state index in [4.69, 9.17) is 35.5 Å². The molecule has 27 heavy (non-hydrogen) atoms. The summed E-state index contributed by atoms with van der Waals surface area (Å²) in [4.78, 5) is 29.3. The van der Waals surface area contributed by atoms with E-state index >= 15 is 0 Å². The molecule has 0 spiro atoms. The van der Waals surface area contributed by atoms with E-state index in [-0.39, 0.29) is 17.0 Å². The van der Waals surface area contributed by atoms with Gasteiger partial charge >= 0.3 is 5.97 Å². The molecule has 1 saturated heterocycles. The molecular formula is C18H33N3O6. The van der Waals surface area contributed by atoms with E-state index in [2.05, 4.69) is 33.0 Å². The maximum absolute atomic E-state index is 11.3. The molecule has 0 saturated carbocycles. The SMILES string of the molecule is CC(=O)O.CC(=O)O.CCC(N)(OC(=O)C#N)C1CC(C)(C)NC(C)(C)C1. The van der Waals surface area contributed by atoms with Gasteiger partial charge in [0, 0.05) is 30.8 Å². The molecule has 5 N–H and O–H groups in total. The lowest BCUT2D eigenvalue weighted by Gasteiger charge is -2.50. The van der Waals surface area contributed by atoms with Gasteiger partial charge in [0.1, 0.15) is 0 Å². The van der Waals surface area contributed by atoms with E-state index < -0.39 is 23.6 Å². The first-order chi connectivity index (χ1) is 12.0. The molecule has 1 fully saturated rings. The average Bonchev–Trinajstić information content (AvgIpc) is 2.42. The summed E-state index contributed by atoms with van der Waals surface area (Å²) in [6.45, 7) is 12.5. The van der Waals surface area contributed by atoms with Gasteiger partial charge in [-0.3, -0.25) is 15.3 Å². The summed E-state index contributed by atoms with van der Waals surface area (Å²) in [5, 5.41) is 27.0. The molecule has 1 aliphatic heterocycles. The highest BCUT2D eigenvalue weighted by Crippen LogP contribution is 2.39. The number of nitrogens with zero attached hydrogens (tertiary/aromatic N) is 1. The maximum Gasteiger partial charge on any atom is 0.412 e. The van der Waals surface area contributed by atoms with Gasteiger partial charge in [-0.25, -0.2) is 4.79 Å². The number of carboxylic acid groups (broad SMARTS) is 2. The van der Waals surface area contributed by atoms with Crippen molar-refractivity contribution in [2.45, 2.75) is 84.5 Å². The molecule has 0 radical (unpaired) electrons. The molecule has 0 bridgehead atoms. The Hall–Kier alpha value is -2.18. The Labute approximate surface area is 160 Å². The summed E-state index contributed by atoms with van der Waals surface area (Å²) in [7, 11) is 0. The highest BCUT2D eigenvalue weighted by molar-refractivity contribution is 5.86. The highest BCUT2D eigenvalue weighted by Gasteiger charge is 2.47. The van der Waals surface area contributed by atoms with Crippen LogP contribution in [0, 0.1) is 17.2 Å². The summed E-state index contributed by atoms with van der Waals surface area (Å²) in [5.74, 6) is -2.54. The molecule has 1 aliphatic rings. The molecule has 0 aromatic heterocycles. The quantitative estimate of drug-likeness (QED) is 0.321. The molecule has 1 heterocycles. The van der Waals surface area contributed by atoms with Gasteiger partial charge in [0.15, 0.2) is 11.8 Å². The summed E-state index contributed by atoms with van der Waals surface area (Å²) < 4.78 is 5.21. The Kier molecular flexibility index (Phi) is 10.9. The van der Waals surface area contributed by atoms with Crippen LogP contribution in [0.5, 0.6) is 0 Å². The van der Waals surface area contributed by atoms with Crippen LogP contribution in [-0.2, 0) is 19.1 Å². The lowest BCUT2D eigenvalue weighted by Crippen LogP contribution is -2.64. The smallest absolute Gasteiger partial charge is 0.412 e. The molecule has 9 heteroatoms. The normalized spacial score (nSPS) is 19.5. The number of esters is 1. The maximum atomic E-state index is 11.3. The molecule has 0 aliphatic carbocycles. The molecule has 0 aromatic carbocycles. The number of rotatable bonds is 3. The van der Waals surface area contributed by atoms with Gasteiger partial charge in [-0.15, -0.1) is 0 Å². The van der Waals surface area contributed by atoms with Crippen molar-refractivity contribution < 1.29 is 29.3 Å². The second kappa shape index (κ2) is 10.8. The second-order valence-electron chi connectivity index (χ2n) is 7.85. The number of piperidine rings is 1. The Balaban J connectivity index is 0. The summed E-state index contributed by atoms with van der Waals surface area (Å²) in [5.41, 5.74) is 5.05. The predicted molar refractivity (Wildman–Crippen MR) is 99.6 cm³/mol. The zero-order valence-electron chi connectivity index (χ0n) is 17.3. The van der Waals surface area contributed by atoms with Crippen molar-refractivity contribution in [2.75, 3.05) is 0 Å². The van der Waals surface area contributed by atoms with Crippen LogP contribution in [0.15, 0.2) is 0 Å². The monoisotopic (exact) mass is 387 g/mol. The van der Waals surface area contributed by atoms with Crippen LogP contribution >= 0.6 is 0 Å². The zero-order chi connectivity index (χ0) is 22.1. The standard InChI is InChI=1S/C14H25N3O2.2C2H4O2/c1-6-14(16,19-11(18)9-15)10-7-12(2,3)17-13(4,5)8-10;2*1-2(3)4/h10,17H,6-8,16H2,1-5H3;2*1H3,(H,3,4). The Morgan fingerprint density at radius 3 is 1.74 bits per heavy atom. The number of nitriles is 1. The Morgan fingerprint density at radius 2 is 1.48 bits per heavy atom. The van der Waals surface area contributed by atoms with Crippen LogP contribution in [0.2, 0.25) is 0 Å². The number of carbonyl (C=O) groups is 3. The lowest BCUT2D eigenvalue weighted by molar-refractivity contribution is -0.164. The predicted octanol–water partition coefficient (Wildman–Crippen LogP) is 1.86. The van der Waals surface area contributed by atoms with Crippen LogP contribution in [0.4, 0.5) is 0 Å². The minimum absolute atomic E-state index is 0.0287. The largest absolute Gasteiger partial charge is 0.481 e. The number of hydrogen-bond donors (Lipinski definition) is 4. The minimum atomic E-state index is -1.07. The third-order valence-electron chi connectivity index (χ3n) is 3.81. The van der Waals surface area contributed by atoms with Crippen LogP contribution in [0.25, 0.3) is 0 Å². The first-order valence-corrected chi connectivity index (χ1v) is 8.60. The number of carbonyl (C=O) groups excluding carboxylic acids is 1. The molecular weight excluding hydrogens is 354 g/mol. The fourth-order valence-corrected chi connectivity index (χ4v) is 3.31. The van der Waals surface area contributed by atoms with Gasteiger partial charge in [0.05, 0.1) is 0 Å². The van der Waals surface area contributed by atoms with Crippen LogP contribution in [0.1, 0.15) is 67.7 Å². The Bertz CT molecular complexity index is 532. The van der Waals surface area contributed by atoms with Gasteiger partial charge in [0.2, 0.25) is 0 Å². The number of nitrogens with one attached hydrogen (secondary N) is 1. The molecule has 1 unspecified atom stereocenters. The van der Waals surface area contributed by atoms with Crippen molar-refractivity contribution in [1.29, 1.82) is 5.26 Å². The van der Waals surface area contributed by atoms with Crippen molar-refractivity contribution in [2.24, 2.45) is 11.7 Å². The number of hydrogen-bond acceptors (Lipinski definition) is 7. The van der Waals surface area contributed by atoms with E-state index in [1.165, 1.54) is 6.07 Å². The van der Waals surface area contributed by atoms with Crippen molar-refractivity contribution in [3.8, 4) is 6.07 Å². The molecule has 0 amide bonds. The number of carboxylic acids is 2. The zero-order valence-corrected chi connectivity index (χ0v) is 17.3. The molecule has 1 atom stereocenters. The highest BCUT2D eigenvalue weighted by atomic mass is 16.6. The van der Waals surface area contributed by atoms with Gasteiger partial charge in [0.25, 0.3) is 11.9 Å². The van der Waals surface area contributed by atoms with E-state index in [0.717, 1.165) is 26.7 Å². The van der Waals surface area contributed by atoms with E-state index in [1.54, 1.807) is 0 Å². The van der Waals surface area contributed by atoms with E-state index in [0.29, 0.717) is 6.42 Å². The fourth-order valence-electron chi connectivity index (χ4n) is 3.31. The van der Waals surface area contributed by atoms with Gasteiger partial charge in [-0.05, 0) is 47.0 Å². The molecule has 156 valence electrons. The Morgan fingerprint density at radius 1 is 1.15 bits per heavy atom. The average molecular weight is 387 g/mol. The fraction of sp³-hybridized carbons (Fsp3) is 0.778. The third-order valence-corrected chi connectivity index (χ3v) is 3.81. The van der Waals surface area contributed by atoms with Crippen molar-refractivity contribution >= 4 is 17.9 Å². The van der Waals surface area contributed by atoms with Crippen molar-refractivity contribution in [3.05, 3.63) is 0 Å².